The van der Waals surface area contributed by atoms with Crippen LogP contribution in [0.3, 0.4) is 0 Å². The summed E-state index contributed by atoms with van der Waals surface area (Å²) in [5, 5.41) is 0. The molecule has 0 fully saturated rings. The van der Waals surface area contributed by atoms with Crippen molar-refractivity contribution in [1.82, 2.24) is 15.0 Å². The molecule has 56 heavy (non-hydrogen) atoms. The molecule has 1 atom stereocenters. The molecule has 0 bridgehead atoms. The van der Waals surface area contributed by atoms with E-state index < -0.39 is 5.41 Å². The number of hydrogen-bond acceptors (Lipinski definition) is 4. The van der Waals surface area contributed by atoms with E-state index in [9.17, 15) is 0 Å². The molecule has 0 saturated heterocycles. The summed E-state index contributed by atoms with van der Waals surface area (Å²) in [5.41, 5.74) is 13.0. The van der Waals surface area contributed by atoms with Gasteiger partial charge in [-0.25, -0.2) is 15.0 Å². The highest BCUT2D eigenvalue weighted by molar-refractivity contribution is 5.90. The second-order valence-corrected chi connectivity index (χ2v) is 14.6. The molecule has 4 heteroatoms. The van der Waals surface area contributed by atoms with Crippen LogP contribution in [0.1, 0.15) is 23.1 Å². The van der Waals surface area contributed by atoms with Crippen LogP contribution in [0.15, 0.2) is 200 Å². The molecule has 1 unspecified atom stereocenters. The normalized spacial score (nSPS) is 15.6. The average molecular weight is 718 g/mol. The smallest absolute Gasteiger partial charge is 0.164 e. The quantitative estimate of drug-likeness (QED) is 0.178. The third kappa shape index (κ3) is 4.96. The fourth-order valence-corrected chi connectivity index (χ4v) is 9.24. The molecule has 3 aliphatic rings. The van der Waals surface area contributed by atoms with Gasteiger partial charge in [0.1, 0.15) is 11.5 Å². The Bertz CT molecular complexity index is 2830. The van der Waals surface area contributed by atoms with E-state index in [2.05, 4.69) is 170 Å². The van der Waals surface area contributed by atoms with Gasteiger partial charge in [0.15, 0.2) is 17.5 Å². The van der Waals surface area contributed by atoms with Gasteiger partial charge in [-0.2, -0.15) is 0 Å². The molecule has 1 aliphatic heterocycles. The lowest BCUT2D eigenvalue weighted by Gasteiger charge is -2.46. The molecule has 2 aliphatic carbocycles. The molecule has 4 nitrogen and oxygen atoms in total. The van der Waals surface area contributed by atoms with Crippen molar-refractivity contribution >= 4 is 0 Å². The number of ether oxygens (including phenoxy) is 1. The fraction of sp³-hybridized carbons (Fsp3) is 0.0577. The van der Waals surface area contributed by atoms with Crippen LogP contribution in [0.4, 0.5) is 0 Å². The van der Waals surface area contributed by atoms with Gasteiger partial charge in [0, 0.05) is 33.7 Å². The number of benzene rings is 7. The second kappa shape index (κ2) is 13.0. The summed E-state index contributed by atoms with van der Waals surface area (Å²) in [7, 11) is 0. The first-order valence-electron chi connectivity index (χ1n) is 19.2. The topological polar surface area (TPSA) is 47.9 Å². The van der Waals surface area contributed by atoms with Crippen molar-refractivity contribution in [3.05, 3.63) is 217 Å². The lowest BCUT2D eigenvalue weighted by Crippen LogP contribution is -2.42. The van der Waals surface area contributed by atoms with Gasteiger partial charge in [-0.1, -0.05) is 182 Å². The van der Waals surface area contributed by atoms with Crippen LogP contribution in [0.2, 0.25) is 0 Å². The number of allylic oxidation sites excluding steroid dienone is 4. The van der Waals surface area contributed by atoms with Crippen molar-refractivity contribution in [3.8, 4) is 73.3 Å². The van der Waals surface area contributed by atoms with E-state index in [1.807, 2.05) is 24.3 Å². The maximum Gasteiger partial charge on any atom is 0.164 e. The van der Waals surface area contributed by atoms with Crippen LogP contribution in [-0.2, 0) is 5.41 Å². The van der Waals surface area contributed by atoms with E-state index in [-0.39, 0.29) is 5.92 Å². The Morgan fingerprint density at radius 1 is 0.429 bits per heavy atom. The maximum atomic E-state index is 7.13. The Morgan fingerprint density at radius 3 is 1.68 bits per heavy atom. The Balaban J connectivity index is 1.13. The van der Waals surface area contributed by atoms with Crippen LogP contribution in [0, 0.1) is 5.92 Å². The third-order valence-electron chi connectivity index (χ3n) is 11.6. The molecule has 7 aromatic carbocycles. The predicted molar refractivity (Wildman–Crippen MR) is 225 cm³/mol. The molecule has 2 heterocycles. The van der Waals surface area contributed by atoms with Gasteiger partial charge in [0.2, 0.25) is 0 Å². The van der Waals surface area contributed by atoms with Gasteiger partial charge in [-0.3, -0.25) is 0 Å². The van der Waals surface area contributed by atoms with Crippen molar-refractivity contribution in [2.45, 2.75) is 11.8 Å². The summed E-state index contributed by atoms with van der Waals surface area (Å²) >= 11 is 0. The van der Waals surface area contributed by atoms with Crippen molar-refractivity contribution < 1.29 is 4.74 Å². The number of fused-ring (bicyclic) bond motifs is 9. The number of nitrogens with zero attached hydrogens (tertiary/aromatic N) is 3. The molecular formula is C52H35N3O. The highest BCUT2D eigenvalue weighted by Crippen LogP contribution is 2.64. The van der Waals surface area contributed by atoms with Crippen molar-refractivity contribution in [1.29, 1.82) is 0 Å². The zero-order valence-electron chi connectivity index (χ0n) is 30.5. The van der Waals surface area contributed by atoms with Crippen LogP contribution < -0.4 is 4.74 Å². The largest absolute Gasteiger partial charge is 0.460 e. The fourth-order valence-electron chi connectivity index (χ4n) is 9.24. The number of para-hydroxylation sites is 1. The summed E-state index contributed by atoms with van der Waals surface area (Å²) < 4.78 is 7.13. The lowest BCUT2D eigenvalue weighted by atomic mass is 9.60. The Labute approximate surface area is 326 Å². The first-order chi connectivity index (χ1) is 27.8. The standard InChI is InChI=1S/C52H35N3O/c1-3-17-34(18-4-1)36-21-15-22-37(33-36)50-53-49(35-19-5-2-6-20-35)54-51(55-50)42-26-8-7-23-38(42)41-27-16-31-46-48(41)56-47-32-14-13-30-45(47)52(46)43-28-11-9-24-39(43)40-25-10-12-29-44(40)52/h1-29,31-33,45H,30H2. The van der Waals surface area contributed by atoms with Gasteiger partial charge >= 0.3 is 0 Å². The van der Waals surface area contributed by atoms with E-state index in [1.165, 1.54) is 27.8 Å². The monoisotopic (exact) mass is 717 g/mol. The van der Waals surface area contributed by atoms with Crippen LogP contribution in [-0.4, -0.2) is 15.0 Å². The van der Waals surface area contributed by atoms with Crippen LogP contribution in [0.5, 0.6) is 5.75 Å². The van der Waals surface area contributed by atoms with E-state index in [4.69, 9.17) is 19.7 Å². The molecule has 0 radical (unpaired) electrons. The van der Waals surface area contributed by atoms with Gasteiger partial charge in [-0.15, -0.1) is 0 Å². The Morgan fingerprint density at radius 2 is 0.946 bits per heavy atom. The molecular weight excluding hydrogens is 683 g/mol. The first-order valence-corrected chi connectivity index (χ1v) is 19.2. The maximum absolute atomic E-state index is 7.13. The number of rotatable bonds is 5. The number of hydrogen-bond donors (Lipinski definition) is 0. The Hall–Kier alpha value is -7.17. The zero-order chi connectivity index (χ0) is 37.1. The molecule has 264 valence electrons. The van der Waals surface area contributed by atoms with Gasteiger partial charge in [0.05, 0.1) is 5.41 Å². The highest BCUT2D eigenvalue weighted by Gasteiger charge is 2.55. The summed E-state index contributed by atoms with van der Waals surface area (Å²) in [5.74, 6) is 3.82. The minimum absolute atomic E-state index is 0.112. The molecule has 1 aromatic heterocycles. The molecule has 8 aromatic rings. The predicted octanol–water partition coefficient (Wildman–Crippen LogP) is 12.4. The van der Waals surface area contributed by atoms with Gasteiger partial charge in [-0.05, 0) is 57.5 Å². The van der Waals surface area contributed by atoms with Crippen LogP contribution >= 0.6 is 0 Å². The highest BCUT2D eigenvalue weighted by atomic mass is 16.5. The number of aromatic nitrogens is 3. The van der Waals surface area contributed by atoms with Gasteiger partial charge < -0.3 is 4.74 Å². The summed E-state index contributed by atoms with van der Waals surface area (Å²) in [6.45, 7) is 0. The molecule has 11 rings (SSSR count). The minimum Gasteiger partial charge on any atom is -0.460 e. The lowest BCUT2D eigenvalue weighted by molar-refractivity contribution is 0.254. The average Bonchev–Trinajstić information content (AvgIpc) is 3.57. The first kappa shape index (κ1) is 32.3. The molecule has 0 saturated carbocycles. The minimum atomic E-state index is -0.424. The third-order valence-corrected chi connectivity index (χ3v) is 11.6. The summed E-state index contributed by atoms with van der Waals surface area (Å²) in [6.07, 6.45) is 7.47. The SMILES string of the molecule is C1=CCC2C(=C1)Oc1c(-c3ccccc3-c3nc(-c4ccccc4)nc(-c4cccc(-c5ccccc5)c4)n3)cccc1C21c2ccccc2-c2ccccc21. The second-order valence-electron chi connectivity index (χ2n) is 14.6. The summed E-state index contributed by atoms with van der Waals surface area (Å²) in [6, 6.07) is 62.0. The van der Waals surface area contributed by atoms with Crippen molar-refractivity contribution in [2.75, 3.05) is 0 Å². The van der Waals surface area contributed by atoms with Gasteiger partial charge in [0.25, 0.3) is 0 Å². The summed E-state index contributed by atoms with van der Waals surface area (Å²) in [4.78, 5) is 15.5. The van der Waals surface area contributed by atoms with E-state index in [0.29, 0.717) is 17.5 Å². The zero-order valence-corrected chi connectivity index (χ0v) is 30.5. The van der Waals surface area contributed by atoms with E-state index in [1.54, 1.807) is 0 Å². The van der Waals surface area contributed by atoms with E-state index in [0.717, 1.165) is 56.9 Å². The Kier molecular flexibility index (Phi) is 7.49. The molecule has 0 N–H and O–H groups in total. The van der Waals surface area contributed by atoms with E-state index >= 15 is 0 Å². The molecule has 1 spiro atoms. The van der Waals surface area contributed by atoms with Crippen molar-refractivity contribution in [3.63, 3.8) is 0 Å². The van der Waals surface area contributed by atoms with Crippen LogP contribution in [0.25, 0.3) is 67.5 Å². The van der Waals surface area contributed by atoms with Crippen molar-refractivity contribution in [2.24, 2.45) is 5.92 Å². The molecule has 0 amide bonds.